The summed E-state index contributed by atoms with van der Waals surface area (Å²) in [5, 5.41) is 13.7. The average molecular weight is 315 g/mol. The lowest BCUT2D eigenvalue weighted by atomic mass is 9.74. The molecular weight excluding hydrogens is 286 g/mol. The van der Waals surface area contributed by atoms with Crippen LogP contribution in [0.15, 0.2) is 36.4 Å². The molecule has 3 nitrogen and oxygen atoms in total. The van der Waals surface area contributed by atoms with Gasteiger partial charge in [0.05, 0.1) is 12.7 Å². The maximum atomic E-state index is 11.5. The molecule has 0 radical (unpaired) electrons. The molecule has 2 aromatic carbocycles. The third kappa shape index (κ3) is 3.51. The van der Waals surface area contributed by atoms with Gasteiger partial charge in [0.1, 0.15) is 5.75 Å². The summed E-state index contributed by atoms with van der Waals surface area (Å²) in [6.45, 7) is 7.14. The largest absolute Gasteiger partial charge is 0.497 e. The van der Waals surface area contributed by atoms with Gasteiger partial charge in [0.25, 0.3) is 0 Å². The Balaban J connectivity index is 2.49. The fourth-order valence-corrected chi connectivity index (χ4v) is 3.47. The normalized spacial score (nSPS) is 15.9. The van der Waals surface area contributed by atoms with E-state index in [2.05, 4.69) is 43.9 Å². The van der Waals surface area contributed by atoms with Crippen molar-refractivity contribution in [2.45, 2.75) is 26.4 Å². The topological polar surface area (TPSA) is 32.7 Å². The molecule has 0 fully saturated rings. The molecule has 23 heavy (non-hydrogen) atoms. The van der Waals surface area contributed by atoms with Crippen LogP contribution >= 0.6 is 0 Å². The second kappa shape index (κ2) is 6.90. The Morgan fingerprint density at radius 1 is 1.04 bits per heavy atom. The van der Waals surface area contributed by atoms with Gasteiger partial charge in [-0.05, 0) is 54.5 Å². The van der Waals surface area contributed by atoms with Crippen LogP contribution in [0.4, 0.5) is 0 Å². The van der Waals surface area contributed by atoms with Crippen LogP contribution in [-0.4, -0.2) is 37.8 Å². The Morgan fingerprint density at radius 2 is 1.65 bits per heavy atom. The summed E-state index contributed by atoms with van der Waals surface area (Å²) < 4.78 is 5.29. The zero-order valence-electron chi connectivity index (χ0n) is 15.1. The van der Waals surface area contributed by atoms with Crippen molar-refractivity contribution in [2.75, 3.05) is 27.7 Å². The molecule has 0 saturated carbocycles. The highest BCUT2D eigenvalue weighted by atomic mass is 16.5. The van der Waals surface area contributed by atoms with Crippen LogP contribution in [0.5, 0.6) is 5.75 Å². The van der Waals surface area contributed by atoms with Gasteiger partial charge in [-0.25, -0.2) is 0 Å². The van der Waals surface area contributed by atoms with Crippen LogP contribution in [0.3, 0.4) is 0 Å². The number of benzene rings is 2. The van der Waals surface area contributed by atoms with Crippen LogP contribution in [0, 0.1) is 11.8 Å². The van der Waals surface area contributed by atoms with Crippen LogP contribution < -0.4 is 4.74 Å². The van der Waals surface area contributed by atoms with Crippen molar-refractivity contribution in [1.29, 1.82) is 0 Å². The summed E-state index contributed by atoms with van der Waals surface area (Å²) in [6, 6.07) is 12.3. The average Bonchev–Trinajstić information content (AvgIpc) is 2.52. The van der Waals surface area contributed by atoms with Gasteiger partial charge in [-0.15, -0.1) is 0 Å². The van der Waals surface area contributed by atoms with Crippen LogP contribution in [0.1, 0.15) is 26.3 Å². The van der Waals surface area contributed by atoms with E-state index in [0.29, 0.717) is 0 Å². The van der Waals surface area contributed by atoms with Crippen molar-refractivity contribution in [1.82, 2.24) is 4.90 Å². The molecule has 3 heteroatoms. The molecule has 0 saturated heterocycles. The van der Waals surface area contributed by atoms with Crippen molar-refractivity contribution in [3.05, 3.63) is 42.0 Å². The first-order valence-electron chi connectivity index (χ1n) is 8.24. The summed E-state index contributed by atoms with van der Waals surface area (Å²) in [5.41, 5.74) is 0.137. The van der Waals surface area contributed by atoms with Crippen molar-refractivity contribution in [3.63, 3.8) is 0 Å². The molecule has 0 aliphatic heterocycles. The maximum Gasteiger partial charge on any atom is 0.119 e. The lowest BCUT2D eigenvalue weighted by Gasteiger charge is -2.39. The zero-order chi connectivity index (χ0) is 17.2. The molecule has 2 rings (SSSR count). The van der Waals surface area contributed by atoms with Gasteiger partial charge in [-0.1, -0.05) is 39.0 Å². The van der Waals surface area contributed by atoms with E-state index in [1.165, 1.54) is 0 Å². The standard InChI is InChI=1S/C20H29NO2/c1-14(2)20(22,15(3)13-21(4)5)18-9-7-17-12-19(23-6)10-8-16(17)11-18/h7-12,14-15,22H,13H2,1-6H3. The van der Waals surface area contributed by atoms with Gasteiger partial charge in [0.2, 0.25) is 0 Å². The smallest absolute Gasteiger partial charge is 0.119 e. The predicted octanol–water partition coefficient (Wildman–Crippen LogP) is 3.89. The number of hydrogen-bond donors (Lipinski definition) is 1. The van der Waals surface area contributed by atoms with Gasteiger partial charge in [-0.3, -0.25) is 0 Å². The molecule has 0 spiro atoms. The molecule has 2 unspecified atom stereocenters. The Bertz CT molecular complexity index is 666. The molecule has 0 bridgehead atoms. The molecule has 0 aliphatic carbocycles. The maximum absolute atomic E-state index is 11.5. The van der Waals surface area contributed by atoms with Crippen LogP contribution in [0.25, 0.3) is 10.8 Å². The van der Waals surface area contributed by atoms with Crippen molar-refractivity contribution < 1.29 is 9.84 Å². The van der Waals surface area contributed by atoms with E-state index in [0.717, 1.165) is 28.6 Å². The summed E-state index contributed by atoms with van der Waals surface area (Å²) in [6.07, 6.45) is 0. The van der Waals surface area contributed by atoms with Gasteiger partial charge in [-0.2, -0.15) is 0 Å². The summed E-state index contributed by atoms with van der Waals surface area (Å²) in [5.74, 6) is 1.12. The monoisotopic (exact) mass is 315 g/mol. The summed E-state index contributed by atoms with van der Waals surface area (Å²) >= 11 is 0. The van der Waals surface area contributed by atoms with E-state index in [4.69, 9.17) is 4.74 Å². The fourth-order valence-electron chi connectivity index (χ4n) is 3.47. The van der Waals surface area contributed by atoms with E-state index in [1.54, 1.807) is 7.11 Å². The van der Waals surface area contributed by atoms with Crippen LogP contribution in [-0.2, 0) is 5.60 Å². The highest BCUT2D eigenvalue weighted by Crippen LogP contribution is 2.38. The predicted molar refractivity (Wildman–Crippen MR) is 97.0 cm³/mol. The van der Waals surface area contributed by atoms with E-state index in [-0.39, 0.29) is 11.8 Å². The minimum Gasteiger partial charge on any atom is -0.497 e. The minimum atomic E-state index is -0.849. The van der Waals surface area contributed by atoms with Gasteiger partial charge >= 0.3 is 0 Å². The molecule has 0 aromatic heterocycles. The number of hydrogen-bond acceptors (Lipinski definition) is 3. The minimum absolute atomic E-state index is 0.133. The fraction of sp³-hybridized carbons (Fsp3) is 0.500. The summed E-state index contributed by atoms with van der Waals surface area (Å²) in [7, 11) is 5.77. The van der Waals surface area contributed by atoms with Gasteiger partial charge in [0, 0.05) is 12.5 Å². The highest BCUT2D eigenvalue weighted by molar-refractivity contribution is 5.84. The summed E-state index contributed by atoms with van der Waals surface area (Å²) in [4.78, 5) is 2.13. The molecule has 0 heterocycles. The first-order chi connectivity index (χ1) is 10.8. The Morgan fingerprint density at radius 3 is 2.22 bits per heavy atom. The van der Waals surface area contributed by atoms with E-state index < -0.39 is 5.60 Å². The number of aliphatic hydroxyl groups is 1. The van der Waals surface area contributed by atoms with Crippen molar-refractivity contribution >= 4 is 10.8 Å². The first-order valence-corrected chi connectivity index (χ1v) is 8.24. The van der Waals surface area contributed by atoms with E-state index >= 15 is 0 Å². The number of methoxy groups -OCH3 is 1. The quantitative estimate of drug-likeness (QED) is 0.878. The third-order valence-electron chi connectivity index (χ3n) is 4.78. The SMILES string of the molecule is COc1ccc2cc(C(O)(C(C)C)C(C)CN(C)C)ccc2c1. The number of rotatable bonds is 6. The zero-order valence-corrected chi connectivity index (χ0v) is 15.1. The van der Waals surface area contributed by atoms with E-state index in [9.17, 15) is 5.11 Å². The molecular formula is C20H29NO2. The van der Waals surface area contributed by atoms with Crippen molar-refractivity contribution in [3.8, 4) is 5.75 Å². The molecule has 0 amide bonds. The number of ether oxygens (including phenoxy) is 1. The second-order valence-electron chi connectivity index (χ2n) is 7.07. The Kier molecular flexibility index (Phi) is 5.33. The Labute approximate surface area is 139 Å². The molecule has 2 atom stereocenters. The Hall–Kier alpha value is -1.58. The third-order valence-corrected chi connectivity index (χ3v) is 4.78. The highest BCUT2D eigenvalue weighted by Gasteiger charge is 2.39. The van der Waals surface area contributed by atoms with Crippen molar-refractivity contribution in [2.24, 2.45) is 11.8 Å². The molecule has 126 valence electrons. The lowest BCUT2D eigenvalue weighted by Crippen LogP contribution is -2.43. The lowest BCUT2D eigenvalue weighted by molar-refractivity contribution is -0.0656. The van der Waals surface area contributed by atoms with Gasteiger partial charge in [0.15, 0.2) is 0 Å². The first kappa shape index (κ1) is 17.8. The molecule has 1 N–H and O–H groups in total. The number of fused-ring (bicyclic) bond motifs is 1. The van der Waals surface area contributed by atoms with Gasteiger partial charge < -0.3 is 14.7 Å². The number of nitrogens with zero attached hydrogens (tertiary/aromatic N) is 1. The van der Waals surface area contributed by atoms with Crippen LogP contribution in [0.2, 0.25) is 0 Å². The molecule has 2 aromatic rings. The molecule has 0 aliphatic rings. The van der Waals surface area contributed by atoms with E-state index in [1.807, 2.05) is 32.3 Å². The second-order valence-corrected chi connectivity index (χ2v) is 7.07.